The topological polar surface area (TPSA) is 61.4 Å². The molecule has 2 aromatic rings. The van der Waals surface area contributed by atoms with E-state index in [1.807, 2.05) is 32.9 Å². The van der Waals surface area contributed by atoms with Crippen molar-refractivity contribution in [2.24, 2.45) is 0 Å². The fourth-order valence-corrected chi connectivity index (χ4v) is 4.58. The average molecular weight is 408 g/mol. The van der Waals surface area contributed by atoms with Crippen LogP contribution in [0.25, 0.3) is 0 Å². The molecule has 0 aromatic heterocycles. The second kappa shape index (κ2) is 9.43. The molecular formula is C25H33N3O2. The monoisotopic (exact) mass is 407 g/mol. The largest absolute Gasteiger partial charge is 0.346 e. The summed E-state index contributed by atoms with van der Waals surface area (Å²) in [6.45, 7) is 11.4. The Morgan fingerprint density at radius 1 is 0.900 bits per heavy atom. The third-order valence-electron chi connectivity index (χ3n) is 5.73. The zero-order valence-electron chi connectivity index (χ0n) is 18.8. The van der Waals surface area contributed by atoms with E-state index in [-0.39, 0.29) is 24.4 Å². The van der Waals surface area contributed by atoms with E-state index in [0.717, 1.165) is 36.2 Å². The number of hydrogen-bond donors (Lipinski definition) is 2. The Hall–Kier alpha value is -2.66. The lowest BCUT2D eigenvalue weighted by molar-refractivity contribution is -0.125. The van der Waals surface area contributed by atoms with E-state index in [0.29, 0.717) is 6.54 Å². The molecule has 2 aromatic carbocycles. The van der Waals surface area contributed by atoms with Gasteiger partial charge in [-0.25, -0.2) is 0 Å². The van der Waals surface area contributed by atoms with Crippen LogP contribution in [0.3, 0.4) is 0 Å². The molecule has 1 aliphatic heterocycles. The Kier molecular flexibility index (Phi) is 6.93. The zero-order chi connectivity index (χ0) is 21.8. The highest BCUT2D eigenvalue weighted by atomic mass is 16.2. The maximum absolute atomic E-state index is 12.5. The van der Waals surface area contributed by atoms with Gasteiger partial charge < -0.3 is 10.6 Å². The number of nitrogens with zero attached hydrogens (tertiary/aromatic N) is 1. The molecular weight excluding hydrogens is 374 g/mol. The number of hydrogen-bond acceptors (Lipinski definition) is 3. The quantitative estimate of drug-likeness (QED) is 0.757. The molecule has 1 heterocycles. The number of benzene rings is 2. The highest BCUT2D eigenvalue weighted by Gasteiger charge is 2.27. The number of likely N-dealkylation sites (tertiary alicyclic amines) is 1. The van der Waals surface area contributed by atoms with Gasteiger partial charge in [0.05, 0.1) is 13.1 Å². The standard InChI is InChI=1S/C25H33N3O2/c1-16-9-17(2)13-21(12-16)22-7-6-8-28(22)15-24(30)26-14-23(29)27-25-19(4)10-18(3)11-20(25)5/h9-13,22H,6-8,14-15H2,1-5H3,(H,26,30)(H,27,29). The number of carbonyl (C=O) groups excluding carboxylic acids is 2. The number of rotatable bonds is 6. The Morgan fingerprint density at radius 2 is 1.50 bits per heavy atom. The molecule has 5 heteroatoms. The average Bonchev–Trinajstić information content (AvgIpc) is 3.10. The minimum absolute atomic E-state index is 0.0202. The van der Waals surface area contributed by atoms with Crippen LogP contribution in [-0.2, 0) is 9.59 Å². The molecule has 1 atom stereocenters. The normalized spacial score (nSPS) is 16.5. The van der Waals surface area contributed by atoms with E-state index in [4.69, 9.17) is 0 Å². The van der Waals surface area contributed by atoms with Gasteiger partial charge in [0.25, 0.3) is 0 Å². The third-order valence-corrected chi connectivity index (χ3v) is 5.73. The molecule has 160 valence electrons. The predicted molar refractivity (Wildman–Crippen MR) is 122 cm³/mol. The molecule has 2 N–H and O–H groups in total. The second-order valence-electron chi connectivity index (χ2n) is 8.65. The van der Waals surface area contributed by atoms with E-state index < -0.39 is 0 Å². The lowest BCUT2D eigenvalue weighted by Crippen LogP contribution is -2.40. The molecule has 1 saturated heterocycles. The molecule has 30 heavy (non-hydrogen) atoms. The lowest BCUT2D eigenvalue weighted by Gasteiger charge is -2.25. The van der Waals surface area contributed by atoms with Crippen LogP contribution in [0.2, 0.25) is 0 Å². The number of carbonyl (C=O) groups is 2. The summed E-state index contributed by atoms with van der Waals surface area (Å²) in [5.41, 5.74) is 7.83. The molecule has 1 aliphatic rings. The first-order chi connectivity index (χ1) is 14.2. The number of anilines is 1. The van der Waals surface area contributed by atoms with Gasteiger partial charge in [-0.1, -0.05) is 47.0 Å². The van der Waals surface area contributed by atoms with E-state index in [1.54, 1.807) is 0 Å². The van der Waals surface area contributed by atoms with Crippen LogP contribution < -0.4 is 10.6 Å². The Balaban J connectivity index is 1.54. The van der Waals surface area contributed by atoms with Crippen LogP contribution in [0.4, 0.5) is 5.69 Å². The van der Waals surface area contributed by atoms with Gasteiger partial charge in [-0.15, -0.1) is 0 Å². The van der Waals surface area contributed by atoms with Crippen LogP contribution in [0, 0.1) is 34.6 Å². The number of aryl methyl sites for hydroxylation is 5. The summed E-state index contributed by atoms with van der Waals surface area (Å²) in [7, 11) is 0. The van der Waals surface area contributed by atoms with Crippen molar-refractivity contribution >= 4 is 17.5 Å². The van der Waals surface area contributed by atoms with Crippen LogP contribution in [0.15, 0.2) is 30.3 Å². The van der Waals surface area contributed by atoms with Crippen molar-refractivity contribution in [3.05, 3.63) is 63.7 Å². The zero-order valence-corrected chi connectivity index (χ0v) is 18.8. The highest BCUT2D eigenvalue weighted by molar-refractivity contribution is 5.96. The Labute approximate surface area is 179 Å². The van der Waals surface area contributed by atoms with Crippen LogP contribution in [0.1, 0.15) is 52.3 Å². The van der Waals surface area contributed by atoms with Gasteiger partial charge >= 0.3 is 0 Å². The van der Waals surface area contributed by atoms with E-state index in [2.05, 4.69) is 47.6 Å². The molecule has 0 aliphatic carbocycles. The van der Waals surface area contributed by atoms with Gasteiger partial charge in [0.1, 0.15) is 0 Å². The first kappa shape index (κ1) is 22.0. The Bertz CT molecular complexity index is 908. The second-order valence-corrected chi connectivity index (χ2v) is 8.65. The van der Waals surface area contributed by atoms with Crippen LogP contribution >= 0.6 is 0 Å². The van der Waals surface area contributed by atoms with E-state index >= 15 is 0 Å². The predicted octanol–water partition coefficient (Wildman–Crippen LogP) is 4.12. The summed E-state index contributed by atoms with van der Waals surface area (Å²) in [6.07, 6.45) is 2.14. The minimum Gasteiger partial charge on any atom is -0.346 e. The lowest BCUT2D eigenvalue weighted by atomic mass is 9.99. The van der Waals surface area contributed by atoms with Crippen LogP contribution in [0.5, 0.6) is 0 Å². The van der Waals surface area contributed by atoms with Crippen molar-refractivity contribution in [1.82, 2.24) is 10.2 Å². The van der Waals surface area contributed by atoms with Gasteiger partial charge in [0, 0.05) is 11.7 Å². The van der Waals surface area contributed by atoms with Crippen LogP contribution in [-0.4, -0.2) is 36.3 Å². The molecule has 1 unspecified atom stereocenters. The van der Waals surface area contributed by atoms with Gasteiger partial charge in [-0.05, 0) is 70.7 Å². The van der Waals surface area contributed by atoms with Crippen molar-refractivity contribution in [1.29, 1.82) is 0 Å². The van der Waals surface area contributed by atoms with Crippen molar-refractivity contribution < 1.29 is 9.59 Å². The molecule has 3 rings (SSSR count). The highest BCUT2D eigenvalue weighted by Crippen LogP contribution is 2.32. The third kappa shape index (κ3) is 5.48. The molecule has 5 nitrogen and oxygen atoms in total. The van der Waals surface area contributed by atoms with E-state index in [1.165, 1.54) is 22.3 Å². The summed E-state index contributed by atoms with van der Waals surface area (Å²) < 4.78 is 0. The number of amides is 2. The Morgan fingerprint density at radius 3 is 2.13 bits per heavy atom. The first-order valence-electron chi connectivity index (χ1n) is 10.7. The molecule has 0 spiro atoms. The summed E-state index contributed by atoms with van der Waals surface area (Å²) in [5, 5.41) is 5.72. The van der Waals surface area contributed by atoms with Gasteiger partial charge in [-0.3, -0.25) is 14.5 Å². The molecule has 0 radical (unpaired) electrons. The summed E-state index contributed by atoms with van der Waals surface area (Å²) >= 11 is 0. The summed E-state index contributed by atoms with van der Waals surface area (Å²) in [4.78, 5) is 27.1. The van der Waals surface area contributed by atoms with Gasteiger partial charge in [-0.2, -0.15) is 0 Å². The van der Waals surface area contributed by atoms with Crippen molar-refractivity contribution in [3.63, 3.8) is 0 Å². The fourth-order valence-electron chi connectivity index (χ4n) is 4.58. The van der Waals surface area contributed by atoms with E-state index in [9.17, 15) is 9.59 Å². The van der Waals surface area contributed by atoms with Gasteiger partial charge in [0.2, 0.25) is 11.8 Å². The van der Waals surface area contributed by atoms with Crippen molar-refractivity contribution in [3.8, 4) is 0 Å². The summed E-state index contributed by atoms with van der Waals surface area (Å²) in [5.74, 6) is -0.315. The molecule has 0 saturated carbocycles. The van der Waals surface area contributed by atoms with Gasteiger partial charge in [0.15, 0.2) is 0 Å². The van der Waals surface area contributed by atoms with Crippen molar-refractivity contribution in [2.75, 3.05) is 25.0 Å². The maximum atomic E-state index is 12.5. The molecule has 1 fully saturated rings. The number of nitrogens with one attached hydrogen (secondary N) is 2. The minimum atomic E-state index is -0.203. The molecule has 0 bridgehead atoms. The molecule has 2 amide bonds. The van der Waals surface area contributed by atoms with Crippen molar-refractivity contribution in [2.45, 2.75) is 53.5 Å². The summed E-state index contributed by atoms with van der Waals surface area (Å²) in [6, 6.07) is 11.0. The smallest absolute Gasteiger partial charge is 0.243 e. The first-order valence-corrected chi connectivity index (χ1v) is 10.7. The fraction of sp³-hybridized carbons (Fsp3) is 0.440. The maximum Gasteiger partial charge on any atom is 0.243 e. The SMILES string of the molecule is Cc1cc(C)cc(C2CCCN2CC(=O)NCC(=O)Nc2c(C)cc(C)cc2C)c1.